The highest BCUT2D eigenvalue weighted by molar-refractivity contribution is 7.17. The van der Waals surface area contributed by atoms with E-state index < -0.39 is 0 Å². The van der Waals surface area contributed by atoms with E-state index in [4.69, 9.17) is 9.47 Å². The fraction of sp³-hybridized carbons (Fsp3) is 0.417. The van der Waals surface area contributed by atoms with E-state index in [1.54, 1.807) is 30.6 Å². The van der Waals surface area contributed by atoms with Crippen molar-refractivity contribution in [3.05, 3.63) is 58.7 Å². The van der Waals surface area contributed by atoms with Gasteiger partial charge in [0.25, 0.3) is 0 Å². The minimum absolute atomic E-state index is 0.156. The predicted molar refractivity (Wildman–Crippen MR) is 118 cm³/mol. The van der Waals surface area contributed by atoms with Crippen LogP contribution >= 0.6 is 11.3 Å². The molecule has 3 nitrogen and oxygen atoms in total. The van der Waals surface area contributed by atoms with Gasteiger partial charge in [0, 0.05) is 16.3 Å². The Balaban J connectivity index is 1.42. The average Bonchev–Trinajstić information content (AvgIpc) is 3.14. The quantitative estimate of drug-likeness (QED) is 0.473. The molecule has 5 heteroatoms. The number of hydrogen-bond acceptors (Lipinski definition) is 4. The van der Waals surface area contributed by atoms with Crippen LogP contribution in [0.5, 0.6) is 11.5 Å². The summed E-state index contributed by atoms with van der Waals surface area (Å²) in [4.78, 5) is 2.55. The van der Waals surface area contributed by atoms with Crippen LogP contribution in [0.4, 0.5) is 4.39 Å². The van der Waals surface area contributed by atoms with Gasteiger partial charge in [0.1, 0.15) is 23.9 Å². The number of benzene rings is 2. The summed E-state index contributed by atoms with van der Waals surface area (Å²) in [6.45, 7) is 5.00. The smallest absolute Gasteiger partial charge is 0.126 e. The van der Waals surface area contributed by atoms with E-state index in [9.17, 15) is 4.39 Å². The van der Waals surface area contributed by atoms with E-state index in [1.165, 1.54) is 11.1 Å². The third-order valence-corrected chi connectivity index (χ3v) is 6.73. The molecule has 0 fully saturated rings. The summed E-state index contributed by atoms with van der Waals surface area (Å²) >= 11 is 1.70. The standard InChI is InChI=1S/C24H28FNO2S/c1-3-11-26(19-14-21-22(27-2)7-4-8-23(21)28-15-19)12-5-6-17-16-29-24-10-9-18(25)13-20(17)24/h4,7-10,13,16,19H,3,5-6,11-12,14-15H2,1-2H3. The van der Waals surface area contributed by atoms with Gasteiger partial charge in [0.2, 0.25) is 0 Å². The lowest BCUT2D eigenvalue weighted by molar-refractivity contribution is 0.116. The molecule has 3 aromatic rings. The first-order chi connectivity index (χ1) is 14.2. The zero-order chi connectivity index (χ0) is 20.2. The van der Waals surface area contributed by atoms with Gasteiger partial charge in [0.05, 0.1) is 7.11 Å². The first-order valence-corrected chi connectivity index (χ1v) is 11.3. The van der Waals surface area contributed by atoms with Crippen LogP contribution in [-0.2, 0) is 12.8 Å². The highest BCUT2D eigenvalue weighted by atomic mass is 32.1. The van der Waals surface area contributed by atoms with E-state index in [0.29, 0.717) is 12.6 Å². The summed E-state index contributed by atoms with van der Waals surface area (Å²) in [7, 11) is 1.72. The van der Waals surface area contributed by atoms with Gasteiger partial charge in [-0.2, -0.15) is 0 Å². The summed E-state index contributed by atoms with van der Waals surface area (Å²) in [6, 6.07) is 11.5. The summed E-state index contributed by atoms with van der Waals surface area (Å²) in [6.07, 6.45) is 4.09. The van der Waals surface area contributed by atoms with Gasteiger partial charge in [-0.3, -0.25) is 4.90 Å². The summed E-state index contributed by atoms with van der Waals surface area (Å²) in [5, 5.41) is 3.25. The Morgan fingerprint density at radius 3 is 2.97 bits per heavy atom. The number of methoxy groups -OCH3 is 1. The summed E-state index contributed by atoms with van der Waals surface area (Å²) in [5.41, 5.74) is 2.43. The Bertz CT molecular complexity index is 956. The SMILES string of the molecule is CCCN(CCCc1csc2ccc(F)cc12)C1COc2cccc(OC)c2C1. The van der Waals surface area contributed by atoms with Crippen LogP contribution in [-0.4, -0.2) is 37.7 Å². The Morgan fingerprint density at radius 1 is 1.24 bits per heavy atom. The molecule has 4 rings (SSSR count). The number of aryl methyl sites for hydroxylation is 1. The highest BCUT2D eigenvalue weighted by Crippen LogP contribution is 2.34. The Kier molecular flexibility index (Phi) is 6.36. The molecule has 1 aromatic heterocycles. The van der Waals surface area contributed by atoms with Crippen molar-refractivity contribution in [2.45, 2.75) is 38.6 Å². The van der Waals surface area contributed by atoms with Crippen molar-refractivity contribution in [2.75, 3.05) is 26.8 Å². The molecule has 0 spiro atoms. The lowest BCUT2D eigenvalue weighted by Crippen LogP contribution is -2.44. The van der Waals surface area contributed by atoms with Crippen LogP contribution in [0.1, 0.15) is 30.9 Å². The van der Waals surface area contributed by atoms with Crippen molar-refractivity contribution in [2.24, 2.45) is 0 Å². The first kappa shape index (κ1) is 20.2. The number of halogens is 1. The Morgan fingerprint density at radius 2 is 2.14 bits per heavy atom. The van der Waals surface area contributed by atoms with Crippen LogP contribution in [0.15, 0.2) is 41.8 Å². The van der Waals surface area contributed by atoms with E-state index in [2.05, 4.69) is 17.2 Å². The van der Waals surface area contributed by atoms with Crippen molar-refractivity contribution in [3.8, 4) is 11.5 Å². The molecule has 1 atom stereocenters. The van der Waals surface area contributed by atoms with Gasteiger partial charge in [-0.05, 0) is 85.4 Å². The maximum atomic E-state index is 13.6. The van der Waals surface area contributed by atoms with Crippen LogP contribution in [0, 0.1) is 5.82 Å². The number of hydrogen-bond donors (Lipinski definition) is 0. The molecule has 2 heterocycles. The number of ether oxygens (including phenoxy) is 2. The van der Waals surface area contributed by atoms with Crippen LogP contribution in [0.25, 0.3) is 10.1 Å². The normalized spacial score (nSPS) is 16.1. The molecule has 29 heavy (non-hydrogen) atoms. The van der Waals surface area contributed by atoms with Crippen molar-refractivity contribution in [1.82, 2.24) is 4.90 Å². The second-order valence-corrected chi connectivity index (χ2v) is 8.56. The molecule has 0 amide bonds. The lowest BCUT2D eigenvalue weighted by Gasteiger charge is -2.35. The summed E-state index contributed by atoms with van der Waals surface area (Å²) in [5.74, 6) is 1.70. The lowest BCUT2D eigenvalue weighted by atomic mass is 9.99. The zero-order valence-corrected chi connectivity index (χ0v) is 17.9. The molecule has 0 aliphatic carbocycles. The third kappa shape index (κ3) is 4.41. The number of thiophene rings is 1. The van der Waals surface area contributed by atoms with Crippen molar-refractivity contribution < 1.29 is 13.9 Å². The molecular weight excluding hydrogens is 385 g/mol. The molecule has 0 saturated carbocycles. The molecule has 0 N–H and O–H groups in total. The fourth-order valence-corrected chi connectivity index (χ4v) is 5.25. The third-order valence-electron chi connectivity index (χ3n) is 5.72. The van der Waals surface area contributed by atoms with Gasteiger partial charge in [-0.25, -0.2) is 4.39 Å². The van der Waals surface area contributed by atoms with Gasteiger partial charge in [0.15, 0.2) is 0 Å². The molecule has 0 bridgehead atoms. The van der Waals surface area contributed by atoms with E-state index in [0.717, 1.165) is 60.4 Å². The maximum absolute atomic E-state index is 13.6. The average molecular weight is 414 g/mol. The van der Waals surface area contributed by atoms with Gasteiger partial charge < -0.3 is 9.47 Å². The van der Waals surface area contributed by atoms with E-state index in [-0.39, 0.29) is 5.82 Å². The number of fused-ring (bicyclic) bond motifs is 2. The van der Waals surface area contributed by atoms with Gasteiger partial charge in [-0.15, -0.1) is 11.3 Å². The molecule has 0 radical (unpaired) electrons. The molecule has 1 unspecified atom stereocenters. The van der Waals surface area contributed by atoms with Crippen molar-refractivity contribution in [1.29, 1.82) is 0 Å². The predicted octanol–water partition coefficient (Wildman–Crippen LogP) is 5.70. The second kappa shape index (κ2) is 9.14. The molecule has 1 aliphatic rings. The van der Waals surface area contributed by atoms with Crippen molar-refractivity contribution >= 4 is 21.4 Å². The Labute approximate surface area is 176 Å². The van der Waals surface area contributed by atoms with E-state index in [1.807, 2.05) is 24.3 Å². The fourth-order valence-electron chi connectivity index (χ4n) is 4.27. The minimum Gasteiger partial charge on any atom is -0.496 e. The second-order valence-electron chi connectivity index (χ2n) is 7.65. The zero-order valence-electron chi connectivity index (χ0n) is 17.1. The molecule has 1 aliphatic heterocycles. The molecule has 154 valence electrons. The first-order valence-electron chi connectivity index (χ1n) is 10.4. The molecule has 2 aromatic carbocycles. The highest BCUT2D eigenvalue weighted by Gasteiger charge is 2.27. The maximum Gasteiger partial charge on any atom is 0.126 e. The topological polar surface area (TPSA) is 21.7 Å². The van der Waals surface area contributed by atoms with E-state index >= 15 is 0 Å². The number of rotatable bonds is 8. The molecule has 0 saturated heterocycles. The van der Waals surface area contributed by atoms with Crippen LogP contribution in [0.3, 0.4) is 0 Å². The summed E-state index contributed by atoms with van der Waals surface area (Å²) < 4.78 is 26.4. The Hall–Kier alpha value is -2.11. The monoisotopic (exact) mass is 413 g/mol. The van der Waals surface area contributed by atoms with Crippen LogP contribution in [0.2, 0.25) is 0 Å². The van der Waals surface area contributed by atoms with Gasteiger partial charge in [-0.1, -0.05) is 13.0 Å². The number of nitrogens with zero attached hydrogens (tertiary/aromatic N) is 1. The van der Waals surface area contributed by atoms with Gasteiger partial charge >= 0.3 is 0 Å². The van der Waals surface area contributed by atoms with Crippen LogP contribution < -0.4 is 9.47 Å². The largest absolute Gasteiger partial charge is 0.496 e. The van der Waals surface area contributed by atoms with Crippen molar-refractivity contribution in [3.63, 3.8) is 0 Å². The molecular formula is C24H28FNO2S. The minimum atomic E-state index is -0.156.